The van der Waals surface area contributed by atoms with Crippen LogP contribution in [-0.4, -0.2) is 7.85 Å². The second-order valence-electron chi connectivity index (χ2n) is 3.54. The number of hydrogen-bond donors (Lipinski definition) is 0. The first-order valence-corrected chi connectivity index (χ1v) is 4.79. The molecule has 0 aliphatic rings. The zero-order valence-corrected chi connectivity index (χ0v) is 8.17. The van der Waals surface area contributed by atoms with Crippen LogP contribution in [0.2, 0.25) is 0 Å². The Hall–Kier alpha value is -1.24. The van der Waals surface area contributed by atoms with E-state index in [1.54, 1.807) is 0 Å². The van der Waals surface area contributed by atoms with Crippen molar-refractivity contribution in [2.45, 2.75) is 13.3 Å². The summed E-state index contributed by atoms with van der Waals surface area (Å²) >= 11 is 0. The lowest BCUT2D eigenvalue weighted by molar-refractivity contribution is 1.15. The molecule has 0 spiro atoms. The Kier molecular flexibility index (Phi) is 2.09. The van der Waals surface area contributed by atoms with Gasteiger partial charge in [-0.05, 0) is 22.8 Å². The van der Waals surface area contributed by atoms with Crippen molar-refractivity contribution in [3.63, 3.8) is 0 Å². The van der Waals surface area contributed by atoms with E-state index in [-0.39, 0.29) is 0 Å². The minimum atomic E-state index is 1.11. The van der Waals surface area contributed by atoms with Crippen LogP contribution in [0.1, 0.15) is 12.5 Å². The van der Waals surface area contributed by atoms with Gasteiger partial charge in [0.05, 0.1) is 0 Å². The molecule has 1 heteroatoms. The largest absolute Gasteiger partial charge is 0.139 e. The Morgan fingerprint density at radius 3 is 2.46 bits per heavy atom. The Morgan fingerprint density at radius 2 is 1.69 bits per heavy atom. The fourth-order valence-corrected chi connectivity index (χ4v) is 1.63. The van der Waals surface area contributed by atoms with E-state index in [4.69, 9.17) is 0 Å². The SMILES string of the molecule is Bc1ccc2cc(CC)ccc2c1. The first-order chi connectivity index (χ1) is 6.29. The Balaban J connectivity index is 2.66. The summed E-state index contributed by atoms with van der Waals surface area (Å²) in [6, 6.07) is 13.3. The van der Waals surface area contributed by atoms with Gasteiger partial charge in [-0.1, -0.05) is 48.8 Å². The van der Waals surface area contributed by atoms with Gasteiger partial charge in [-0.2, -0.15) is 0 Å². The fraction of sp³-hybridized carbons (Fsp3) is 0.167. The third kappa shape index (κ3) is 1.60. The van der Waals surface area contributed by atoms with Crippen LogP contribution in [0.5, 0.6) is 0 Å². The highest BCUT2D eigenvalue weighted by molar-refractivity contribution is 6.33. The molecule has 64 valence electrons. The lowest BCUT2D eigenvalue weighted by Gasteiger charge is -2.01. The molecule has 0 atom stereocenters. The number of rotatable bonds is 1. The lowest BCUT2D eigenvalue weighted by atomic mass is 9.93. The molecule has 0 amide bonds. The lowest BCUT2D eigenvalue weighted by Crippen LogP contribution is -1.99. The van der Waals surface area contributed by atoms with Gasteiger partial charge < -0.3 is 0 Å². The topological polar surface area (TPSA) is 0 Å². The molecule has 0 unspecified atom stereocenters. The fourth-order valence-electron chi connectivity index (χ4n) is 1.63. The minimum Gasteiger partial charge on any atom is -0.0883 e. The van der Waals surface area contributed by atoms with Gasteiger partial charge in [0.1, 0.15) is 7.85 Å². The molecule has 13 heavy (non-hydrogen) atoms. The predicted octanol–water partition coefficient (Wildman–Crippen LogP) is 1.66. The predicted molar refractivity (Wildman–Crippen MR) is 61.5 cm³/mol. The average Bonchev–Trinajstić information content (AvgIpc) is 2.17. The Labute approximate surface area is 80.0 Å². The van der Waals surface area contributed by atoms with Crippen LogP contribution >= 0.6 is 0 Å². The summed E-state index contributed by atoms with van der Waals surface area (Å²) in [5.41, 5.74) is 2.74. The second-order valence-corrected chi connectivity index (χ2v) is 3.54. The summed E-state index contributed by atoms with van der Waals surface area (Å²) in [6.07, 6.45) is 1.11. The van der Waals surface area contributed by atoms with Crippen molar-refractivity contribution in [3.05, 3.63) is 42.0 Å². The van der Waals surface area contributed by atoms with Gasteiger partial charge in [0.15, 0.2) is 0 Å². The monoisotopic (exact) mass is 168 g/mol. The summed E-state index contributed by atoms with van der Waals surface area (Å²) in [6.45, 7) is 2.19. The molecule has 0 N–H and O–H groups in total. The molecule has 0 aromatic heterocycles. The van der Waals surface area contributed by atoms with Crippen LogP contribution in [0.4, 0.5) is 0 Å². The van der Waals surface area contributed by atoms with Crippen LogP contribution in [0.15, 0.2) is 36.4 Å². The maximum atomic E-state index is 2.27. The standard InChI is InChI=1S/C12H13B/c1-2-9-3-4-11-8-12(13)6-5-10(11)7-9/h3-8H,2,13H2,1H3. The van der Waals surface area contributed by atoms with Crippen molar-refractivity contribution < 1.29 is 0 Å². The van der Waals surface area contributed by atoms with Crippen LogP contribution in [0.3, 0.4) is 0 Å². The molecule has 0 saturated heterocycles. The molecule has 0 fully saturated rings. The summed E-state index contributed by atoms with van der Waals surface area (Å²) in [5, 5.41) is 2.70. The van der Waals surface area contributed by atoms with Crippen molar-refractivity contribution in [1.29, 1.82) is 0 Å². The first-order valence-electron chi connectivity index (χ1n) is 4.79. The minimum absolute atomic E-state index is 1.11. The van der Waals surface area contributed by atoms with Crippen LogP contribution in [-0.2, 0) is 6.42 Å². The van der Waals surface area contributed by atoms with E-state index in [0.717, 1.165) is 6.42 Å². The van der Waals surface area contributed by atoms with Crippen LogP contribution in [0, 0.1) is 0 Å². The summed E-state index contributed by atoms with van der Waals surface area (Å²) in [7, 11) is 2.13. The number of fused-ring (bicyclic) bond motifs is 1. The molecule has 2 aromatic rings. The maximum absolute atomic E-state index is 2.27. The molecular formula is C12H13B. The Bertz CT molecular complexity index is 432. The van der Waals surface area contributed by atoms with Gasteiger partial charge in [0.25, 0.3) is 0 Å². The second kappa shape index (κ2) is 3.25. The van der Waals surface area contributed by atoms with Gasteiger partial charge in [-0.25, -0.2) is 0 Å². The van der Waals surface area contributed by atoms with E-state index in [9.17, 15) is 0 Å². The van der Waals surface area contributed by atoms with Crippen LogP contribution in [0.25, 0.3) is 10.8 Å². The quantitative estimate of drug-likeness (QED) is 0.568. The normalized spacial score (nSPS) is 10.5. The van der Waals surface area contributed by atoms with Gasteiger partial charge in [0, 0.05) is 0 Å². The van der Waals surface area contributed by atoms with Gasteiger partial charge >= 0.3 is 0 Å². The third-order valence-corrected chi connectivity index (χ3v) is 2.47. The number of benzene rings is 2. The molecule has 0 heterocycles. The van der Waals surface area contributed by atoms with Gasteiger partial charge in [-0.3, -0.25) is 0 Å². The van der Waals surface area contributed by atoms with Crippen LogP contribution < -0.4 is 5.46 Å². The van der Waals surface area contributed by atoms with Crippen molar-refractivity contribution in [3.8, 4) is 0 Å². The molecule has 2 rings (SSSR count). The highest BCUT2D eigenvalue weighted by Crippen LogP contribution is 2.14. The van der Waals surface area contributed by atoms with E-state index in [1.807, 2.05) is 0 Å². The van der Waals surface area contributed by atoms with Crippen molar-refractivity contribution in [2.75, 3.05) is 0 Å². The molecule has 0 aliphatic heterocycles. The average molecular weight is 168 g/mol. The molecular weight excluding hydrogens is 155 g/mol. The highest BCUT2D eigenvalue weighted by atomic mass is 14.0. The van der Waals surface area contributed by atoms with Gasteiger partial charge in [-0.15, -0.1) is 0 Å². The van der Waals surface area contributed by atoms with E-state index < -0.39 is 0 Å². The maximum Gasteiger partial charge on any atom is 0.139 e. The molecule has 2 aromatic carbocycles. The van der Waals surface area contributed by atoms with E-state index >= 15 is 0 Å². The van der Waals surface area contributed by atoms with Crippen molar-refractivity contribution in [1.82, 2.24) is 0 Å². The molecule has 0 radical (unpaired) electrons. The first kappa shape index (κ1) is 8.37. The zero-order valence-electron chi connectivity index (χ0n) is 8.17. The molecule has 0 bridgehead atoms. The van der Waals surface area contributed by atoms with Crippen molar-refractivity contribution in [2.24, 2.45) is 0 Å². The molecule has 0 nitrogen and oxygen atoms in total. The van der Waals surface area contributed by atoms with E-state index in [1.165, 1.54) is 21.8 Å². The molecule has 0 aliphatic carbocycles. The van der Waals surface area contributed by atoms with E-state index in [0.29, 0.717) is 0 Å². The van der Waals surface area contributed by atoms with Gasteiger partial charge in [0.2, 0.25) is 0 Å². The zero-order chi connectivity index (χ0) is 9.26. The highest BCUT2D eigenvalue weighted by Gasteiger charge is 1.94. The number of aryl methyl sites for hydroxylation is 1. The smallest absolute Gasteiger partial charge is 0.0883 e. The summed E-state index contributed by atoms with van der Waals surface area (Å²) in [5.74, 6) is 0. The Morgan fingerprint density at radius 1 is 1.00 bits per heavy atom. The third-order valence-electron chi connectivity index (χ3n) is 2.47. The summed E-state index contributed by atoms with van der Waals surface area (Å²) in [4.78, 5) is 0. The number of hydrogen-bond acceptors (Lipinski definition) is 0. The van der Waals surface area contributed by atoms with E-state index in [2.05, 4.69) is 51.2 Å². The van der Waals surface area contributed by atoms with Crippen molar-refractivity contribution >= 4 is 24.1 Å². The molecule has 0 saturated carbocycles. The summed E-state index contributed by atoms with van der Waals surface area (Å²) < 4.78 is 0.